The first-order valence-electron chi connectivity index (χ1n) is 6.47. The van der Waals surface area contributed by atoms with Crippen LogP contribution in [0.1, 0.15) is 46.2 Å². The Bertz CT molecular complexity index is 363. The summed E-state index contributed by atoms with van der Waals surface area (Å²) in [4.78, 5) is 11.6. The van der Waals surface area contributed by atoms with Crippen LogP contribution in [0.5, 0.6) is 0 Å². The lowest BCUT2D eigenvalue weighted by molar-refractivity contribution is -0.121. The zero-order valence-electron chi connectivity index (χ0n) is 11.1. The Morgan fingerprint density at radius 2 is 1.94 bits per heavy atom. The first-order chi connectivity index (χ1) is 8.13. The van der Waals surface area contributed by atoms with Gasteiger partial charge in [-0.15, -0.1) is 0 Å². The Balaban J connectivity index is 0.00000289. The van der Waals surface area contributed by atoms with Crippen LogP contribution < -0.4 is 5.32 Å². The summed E-state index contributed by atoms with van der Waals surface area (Å²) in [6.45, 7) is 6.95. The second-order valence-corrected chi connectivity index (χ2v) is 4.89. The molecule has 0 saturated heterocycles. The van der Waals surface area contributed by atoms with Crippen LogP contribution in [0.15, 0.2) is 24.3 Å². The van der Waals surface area contributed by atoms with Crippen LogP contribution in [0.3, 0.4) is 0 Å². The van der Waals surface area contributed by atoms with Crippen LogP contribution in [-0.4, -0.2) is 5.91 Å². The van der Waals surface area contributed by atoms with Gasteiger partial charge in [0.25, 0.3) is 0 Å². The third-order valence-corrected chi connectivity index (χ3v) is 2.71. The van der Waals surface area contributed by atoms with E-state index in [1.807, 2.05) is 6.07 Å². The molecule has 96 valence electrons. The maximum atomic E-state index is 11.6. The van der Waals surface area contributed by atoms with Gasteiger partial charge in [0.1, 0.15) is 0 Å². The number of hydrogen-bond donors (Lipinski definition) is 1. The molecule has 0 aliphatic rings. The molecule has 0 saturated carbocycles. The summed E-state index contributed by atoms with van der Waals surface area (Å²) in [6, 6.07) is 8.33. The van der Waals surface area contributed by atoms with Crippen LogP contribution in [0, 0.1) is 5.92 Å². The van der Waals surface area contributed by atoms with Crippen molar-refractivity contribution in [3.05, 3.63) is 35.4 Å². The van der Waals surface area contributed by atoms with Gasteiger partial charge in [0, 0.05) is 14.4 Å². The molecule has 0 heterocycles. The zero-order valence-corrected chi connectivity index (χ0v) is 11.1. The largest absolute Gasteiger partial charge is 0.352 e. The van der Waals surface area contributed by atoms with E-state index >= 15 is 0 Å². The highest BCUT2D eigenvalue weighted by Crippen LogP contribution is 2.11. The standard InChI is InChI=1S/C15H23NO.H2/c1-4-7-13-8-5-6-9-14(13)11-16-15(17)10-12(2)3;/h5-6,8-9,12H,4,7,10-11H2,1-3H3,(H,16,17);1H. The maximum Gasteiger partial charge on any atom is 0.220 e. The molecule has 0 radical (unpaired) electrons. The molecule has 0 bridgehead atoms. The number of amides is 1. The van der Waals surface area contributed by atoms with Crippen LogP contribution >= 0.6 is 0 Å². The molecule has 2 nitrogen and oxygen atoms in total. The Labute approximate surface area is 106 Å². The third-order valence-electron chi connectivity index (χ3n) is 2.71. The van der Waals surface area contributed by atoms with Crippen LogP contribution in [0.4, 0.5) is 0 Å². The van der Waals surface area contributed by atoms with Crippen LogP contribution in [-0.2, 0) is 17.8 Å². The van der Waals surface area contributed by atoms with E-state index in [1.54, 1.807) is 0 Å². The topological polar surface area (TPSA) is 29.1 Å². The van der Waals surface area contributed by atoms with Gasteiger partial charge in [0.15, 0.2) is 0 Å². The minimum absolute atomic E-state index is 0. The van der Waals surface area contributed by atoms with Gasteiger partial charge in [0.2, 0.25) is 5.91 Å². The van der Waals surface area contributed by atoms with Crippen LogP contribution in [0.2, 0.25) is 0 Å². The Kier molecular flexibility index (Phi) is 5.75. The summed E-state index contributed by atoms with van der Waals surface area (Å²) in [5.41, 5.74) is 2.59. The quantitative estimate of drug-likeness (QED) is 0.802. The highest BCUT2D eigenvalue weighted by molar-refractivity contribution is 5.76. The lowest BCUT2D eigenvalue weighted by atomic mass is 10.0. The van der Waals surface area contributed by atoms with Crippen LogP contribution in [0.25, 0.3) is 0 Å². The van der Waals surface area contributed by atoms with E-state index in [2.05, 4.69) is 44.3 Å². The number of carbonyl (C=O) groups is 1. The van der Waals surface area contributed by atoms with Gasteiger partial charge in [0.05, 0.1) is 0 Å². The van der Waals surface area contributed by atoms with Gasteiger partial charge in [-0.2, -0.15) is 0 Å². The first-order valence-corrected chi connectivity index (χ1v) is 6.47. The lowest BCUT2D eigenvalue weighted by Crippen LogP contribution is -2.24. The number of nitrogens with one attached hydrogen (secondary N) is 1. The Morgan fingerprint density at radius 3 is 2.53 bits per heavy atom. The van der Waals surface area contributed by atoms with E-state index in [0.717, 1.165) is 12.8 Å². The predicted molar refractivity (Wildman–Crippen MR) is 73.9 cm³/mol. The SMILES string of the molecule is CCCc1ccccc1CNC(=O)CC(C)C.[HH]. The number of carbonyl (C=O) groups excluding carboxylic acids is 1. The van der Waals surface area contributed by atoms with Crippen molar-refractivity contribution >= 4 is 5.91 Å². The van der Waals surface area contributed by atoms with Crippen molar-refractivity contribution < 1.29 is 6.22 Å². The van der Waals surface area contributed by atoms with Crippen molar-refractivity contribution in [3.63, 3.8) is 0 Å². The molecule has 1 rings (SSSR count). The molecule has 0 fully saturated rings. The van der Waals surface area contributed by atoms with Gasteiger partial charge >= 0.3 is 0 Å². The van der Waals surface area contributed by atoms with E-state index in [4.69, 9.17) is 0 Å². The molecule has 0 aliphatic heterocycles. The van der Waals surface area contributed by atoms with Gasteiger partial charge in [-0.1, -0.05) is 51.5 Å². The molecular weight excluding hydrogens is 210 g/mol. The molecule has 0 atom stereocenters. The predicted octanol–water partition coefficient (Wildman–Crippen LogP) is 3.55. The fraction of sp³-hybridized carbons (Fsp3) is 0.533. The molecular formula is C15H25NO. The summed E-state index contributed by atoms with van der Waals surface area (Å²) >= 11 is 0. The molecule has 1 N–H and O–H groups in total. The van der Waals surface area contributed by atoms with Gasteiger partial charge in [-0.25, -0.2) is 0 Å². The summed E-state index contributed by atoms with van der Waals surface area (Å²) in [5, 5.41) is 2.99. The third kappa shape index (κ3) is 5.03. The van der Waals surface area contributed by atoms with E-state index in [9.17, 15) is 4.79 Å². The number of aryl methyl sites for hydroxylation is 1. The van der Waals surface area contributed by atoms with Gasteiger partial charge < -0.3 is 5.32 Å². The monoisotopic (exact) mass is 235 g/mol. The molecule has 0 aliphatic carbocycles. The number of rotatable bonds is 6. The Morgan fingerprint density at radius 1 is 1.29 bits per heavy atom. The van der Waals surface area contributed by atoms with E-state index in [-0.39, 0.29) is 7.33 Å². The second-order valence-electron chi connectivity index (χ2n) is 4.89. The maximum absolute atomic E-state index is 11.6. The van der Waals surface area contributed by atoms with Crippen molar-refractivity contribution in [2.45, 2.75) is 46.6 Å². The van der Waals surface area contributed by atoms with Crippen molar-refractivity contribution in [1.29, 1.82) is 0 Å². The first kappa shape index (κ1) is 13.8. The molecule has 17 heavy (non-hydrogen) atoms. The van der Waals surface area contributed by atoms with E-state index in [0.29, 0.717) is 18.9 Å². The van der Waals surface area contributed by atoms with E-state index in [1.165, 1.54) is 11.1 Å². The second kappa shape index (κ2) is 7.10. The van der Waals surface area contributed by atoms with Gasteiger partial charge in [-0.3, -0.25) is 4.79 Å². The molecule has 1 amide bonds. The average Bonchev–Trinajstić information content (AvgIpc) is 2.27. The van der Waals surface area contributed by atoms with Gasteiger partial charge in [-0.05, 0) is 23.5 Å². The molecule has 0 spiro atoms. The van der Waals surface area contributed by atoms with E-state index < -0.39 is 0 Å². The molecule has 0 unspecified atom stereocenters. The molecule has 0 aromatic heterocycles. The van der Waals surface area contributed by atoms with Crippen molar-refractivity contribution in [2.75, 3.05) is 0 Å². The van der Waals surface area contributed by atoms with Crippen molar-refractivity contribution in [3.8, 4) is 0 Å². The normalized spacial score (nSPS) is 10.6. The zero-order chi connectivity index (χ0) is 12.7. The number of hydrogen-bond acceptors (Lipinski definition) is 1. The number of benzene rings is 1. The van der Waals surface area contributed by atoms with Crippen molar-refractivity contribution in [1.82, 2.24) is 5.32 Å². The summed E-state index contributed by atoms with van der Waals surface area (Å²) in [7, 11) is 0. The fourth-order valence-corrected chi connectivity index (χ4v) is 1.88. The Hall–Kier alpha value is -1.31. The highest BCUT2D eigenvalue weighted by Gasteiger charge is 2.06. The minimum atomic E-state index is 0. The smallest absolute Gasteiger partial charge is 0.220 e. The molecule has 1 aromatic rings. The summed E-state index contributed by atoms with van der Waals surface area (Å²) < 4.78 is 0. The fourth-order valence-electron chi connectivity index (χ4n) is 1.88. The average molecular weight is 235 g/mol. The molecule has 2 heteroatoms. The summed E-state index contributed by atoms with van der Waals surface area (Å²) in [6.07, 6.45) is 2.82. The van der Waals surface area contributed by atoms with Crippen molar-refractivity contribution in [2.24, 2.45) is 5.92 Å². The highest BCUT2D eigenvalue weighted by atomic mass is 16.1. The minimum Gasteiger partial charge on any atom is -0.352 e. The molecule has 1 aromatic carbocycles. The lowest BCUT2D eigenvalue weighted by Gasteiger charge is -2.11. The summed E-state index contributed by atoms with van der Waals surface area (Å²) in [5.74, 6) is 0.562.